The van der Waals surface area contributed by atoms with Crippen LogP contribution in [0.4, 0.5) is 10.3 Å². The van der Waals surface area contributed by atoms with Crippen LogP contribution in [0.15, 0.2) is 77.6 Å². The number of aromatic nitrogens is 3. The molecule has 0 saturated heterocycles. The fourth-order valence-corrected chi connectivity index (χ4v) is 5.17. The normalized spacial score (nSPS) is 10.8. The maximum Gasteiger partial charge on any atom is 0.276 e. The number of thiazole rings is 2. The first-order valence-electron chi connectivity index (χ1n) is 12.2. The van der Waals surface area contributed by atoms with Crippen LogP contribution in [-0.2, 0) is 12.8 Å². The second-order valence-electron chi connectivity index (χ2n) is 8.52. The maximum atomic E-state index is 12.7. The van der Waals surface area contributed by atoms with Crippen LogP contribution in [-0.4, -0.2) is 26.8 Å². The molecule has 0 atom stereocenters. The lowest BCUT2D eigenvalue weighted by Gasteiger charge is -2.04. The third-order valence-electron chi connectivity index (χ3n) is 6.02. The van der Waals surface area contributed by atoms with E-state index in [-0.39, 0.29) is 11.6 Å². The zero-order valence-electron chi connectivity index (χ0n) is 20.9. The molecule has 3 aromatic heterocycles. The van der Waals surface area contributed by atoms with Crippen molar-refractivity contribution < 1.29 is 9.59 Å². The summed E-state index contributed by atoms with van der Waals surface area (Å²) in [6.07, 6.45) is 3.34. The summed E-state index contributed by atoms with van der Waals surface area (Å²) in [4.78, 5) is 38.6. The van der Waals surface area contributed by atoms with E-state index in [9.17, 15) is 9.59 Å². The summed E-state index contributed by atoms with van der Waals surface area (Å²) >= 11 is 2.70. The van der Waals surface area contributed by atoms with Gasteiger partial charge in [-0.05, 0) is 36.1 Å². The van der Waals surface area contributed by atoms with Gasteiger partial charge in [0.2, 0.25) is 0 Å². The Morgan fingerprint density at radius 1 is 0.684 bits per heavy atom. The number of hydrogen-bond acceptors (Lipinski definition) is 7. The molecular formula is C29H25N5O2S2. The van der Waals surface area contributed by atoms with Crippen molar-refractivity contribution in [3.8, 4) is 22.5 Å². The zero-order chi connectivity index (χ0) is 26.5. The van der Waals surface area contributed by atoms with Crippen LogP contribution in [0.2, 0.25) is 0 Å². The summed E-state index contributed by atoms with van der Waals surface area (Å²) in [7, 11) is 0. The number of nitrogens with zero attached hydrogens (tertiary/aromatic N) is 3. The highest BCUT2D eigenvalue weighted by molar-refractivity contribution is 7.14. The van der Waals surface area contributed by atoms with Gasteiger partial charge in [0.15, 0.2) is 10.3 Å². The first-order chi connectivity index (χ1) is 18.5. The summed E-state index contributed by atoms with van der Waals surface area (Å²) in [5, 5.41) is 10.4. The van der Waals surface area contributed by atoms with Crippen molar-refractivity contribution in [3.63, 3.8) is 0 Å². The molecule has 2 amide bonds. The van der Waals surface area contributed by atoms with Gasteiger partial charge < -0.3 is 0 Å². The molecule has 3 heterocycles. The second-order valence-corrected chi connectivity index (χ2v) is 10.2. The molecule has 38 heavy (non-hydrogen) atoms. The summed E-state index contributed by atoms with van der Waals surface area (Å²) in [6, 6.07) is 19.5. The average molecular weight is 540 g/mol. The monoisotopic (exact) mass is 539 g/mol. The van der Waals surface area contributed by atoms with Crippen molar-refractivity contribution in [1.82, 2.24) is 15.0 Å². The summed E-state index contributed by atoms with van der Waals surface area (Å²) in [5.74, 6) is -0.733. The largest absolute Gasteiger partial charge is 0.298 e. The maximum absolute atomic E-state index is 12.7. The van der Waals surface area contributed by atoms with E-state index in [2.05, 4.69) is 63.7 Å². The van der Waals surface area contributed by atoms with Crippen molar-refractivity contribution in [2.75, 3.05) is 10.6 Å². The topological polar surface area (TPSA) is 96.9 Å². The molecule has 2 N–H and O–H groups in total. The molecule has 0 aliphatic rings. The van der Waals surface area contributed by atoms with Gasteiger partial charge in [-0.25, -0.2) is 9.97 Å². The second kappa shape index (κ2) is 11.5. The molecule has 0 unspecified atom stereocenters. The standard InChI is InChI=1S/C29H25N5O2S2/c1-3-18-5-9-20(10-6-18)24-16-37-28(31-24)33-26(35)22-13-14-23(30-15-22)27(36)34-29-32-25(17-38-29)21-11-7-19(4-2)8-12-21/h5-17H,3-4H2,1-2H3,(H,31,33,35)(H,32,34,36). The lowest BCUT2D eigenvalue weighted by molar-refractivity contribution is 0.101. The Hall–Kier alpha value is -4.21. The smallest absolute Gasteiger partial charge is 0.276 e. The summed E-state index contributed by atoms with van der Waals surface area (Å²) in [6.45, 7) is 4.23. The number of pyridine rings is 1. The van der Waals surface area contributed by atoms with Crippen molar-refractivity contribution in [2.24, 2.45) is 0 Å². The molecule has 0 radical (unpaired) electrons. The third kappa shape index (κ3) is 5.85. The predicted octanol–water partition coefficient (Wildman–Crippen LogP) is 6.96. The number of rotatable bonds is 8. The van der Waals surface area contributed by atoms with Gasteiger partial charge in [-0.2, -0.15) is 0 Å². The summed E-state index contributed by atoms with van der Waals surface area (Å²) < 4.78 is 0. The van der Waals surface area contributed by atoms with Crippen LogP contribution in [0.25, 0.3) is 22.5 Å². The first-order valence-corrected chi connectivity index (χ1v) is 14.0. The average Bonchev–Trinajstić information content (AvgIpc) is 3.63. The molecule has 5 aromatic rings. The minimum atomic E-state index is -0.391. The molecule has 0 aliphatic heterocycles. The number of amides is 2. The highest BCUT2D eigenvalue weighted by atomic mass is 32.1. The predicted molar refractivity (Wildman–Crippen MR) is 154 cm³/mol. The van der Waals surface area contributed by atoms with Gasteiger partial charge in [-0.3, -0.25) is 25.2 Å². The number of benzene rings is 2. The Morgan fingerprint density at radius 3 is 1.63 bits per heavy atom. The fraction of sp³-hybridized carbons (Fsp3) is 0.138. The van der Waals surface area contributed by atoms with Gasteiger partial charge in [-0.1, -0.05) is 62.4 Å². The quantitative estimate of drug-likeness (QED) is 0.222. The Balaban J connectivity index is 1.19. The van der Waals surface area contributed by atoms with E-state index in [1.54, 1.807) is 6.07 Å². The molecule has 0 aliphatic carbocycles. The van der Waals surface area contributed by atoms with Gasteiger partial charge in [0.1, 0.15) is 5.69 Å². The SMILES string of the molecule is CCc1ccc(-c2csc(NC(=O)c3ccc(C(=O)Nc4nc(-c5ccc(CC)cc5)cs4)nc3)n2)cc1. The highest BCUT2D eigenvalue weighted by Gasteiger charge is 2.14. The van der Waals surface area contributed by atoms with Crippen LogP contribution < -0.4 is 10.6 Å². The molecule has 9 heteroatoms. The minimum absolute atomic E-state index is 0.192. The van der Waals surface area contributed by atoms with Gasteiger partial charge in [0, 0.05) is 28.1 Å². The zero-order valence-corrected chi connectivity index (χ0v) is 22.5. The number of carbonyl (C=O) groups is 2. The minimum Gasteiger partial charge on any atom is -0.298 e. The van der Waals surface area contributed by atoms with Crippen molar-refractivity contribution in [2.45, 2.75) is 26.7 Å². The number of nitrogens with one attached hydrogen (secondary N) is 2. The molecule has 0 spiro atoms. The Bertz CT molecular complexity index is 1440. The van der Waals surface area contributed by atoms with E-state index < -0.39 is 5.91 Å². The number of aryl methyl sites for hydroxylation is 2. The van der Waals surface area contributed by atoms with Crippen LogP contribution >= 0.6 is 22.7 Å². The molecule has 190 valence electrons. The van der Waals surface area contributed by atoms with Gasteiger partial charge >= 0.3 is 0 Å². The number of carbonyl (C=O) groups excluding carboxylic acids is 2. The molecule has 5 rings (SSSR count). The van der Waals surface area contributed by atoms with Gasteiger partial charge in [-0.15, -0.1) is 22.7 Å². The van der Waals surface area contributed by atoms with E-state index >= 15 is 0 Å². The van der Waals surface area contributed by atoms with E-state index in [1.807, 2.05) is 35.0 Å². The first kappa shape index (κ1) is 25.4. The molecule has 0 saturated carbocycles. The van der Waals surface area contributed by atoms with Crippen LogP contribution in [0.5, 0.6) is 0 Å². The molecular weight excluding hydrogens is 514 g/mol. The molecule has 0 fully saturated rings. The number of anilines is 2. The van der Waals surface area contributed by atoms with E-state index in [1.165, 1.54) is 46.1 Å². The molecule has 2 aromatic carbocycles. The van der Waals surface area contributed by atoms with Crippen molar-refractivity contribution in [3.05, 3.63) is 100 Å². The third-order valence-corrected chi connectivity index (χ3v) is 7.54. The Morgan fingerprint density at radius 2 is 1.18 bits per heavy atom. The molecule has 7 nitrogen and oxygen atoms in total. The van der Waals surface area contributed by atoms with Crippen LogP contribution in [0.1, 0.15) is 45.8 Å². The van der Waals surface area contributed by atoms with E-state index in [4.69, 9.17) is 0 Å². The van der Waals surface area contributed by atoms with Crippen molar-refractivity contribution in [1.29, 1.82) is 0 Å². The summed E-state index contributed by atoms with van der Waals surface area (Å²) in [5.41, 5.74) is 6.64. The lowest BCUT2D eigenvalue weighted by Crippen LogP contribution is -2.16. The lowest BCUT2D eigenvalue weighted by atomic mass is 10.1. The molecule has 0 bridgehead atoms. The highest BCUT2D eigenvalue weighted by Crippen LogP contribution is 2.27. The van der Waals surface area contributed by atoms with Gasteiger partial charge in [0.25, 0.3) is 11.8 Å². The Kier molecular flexibility index (Phi) is 7.67. The van der Waals surface area contributed by atoms with Crippen molar-refractivity contribution >= 4 is 44.8 Å². The van der Waals surface area contributed by atoms with E-state index in [0.29, 0.717) is 15.8 Å². The van der Waals surface area contributed by atoms with Crippen LogP contribution in [0.3, 0.4) is 0 Å². The fourth-order valence-electron chi connectivity index (χ4n) is 3.74. The Labute approximate surface area is 228 Å². The van der Waals surface area contributed by atoms with Gasteiger partial charge in [0.05, 0.1) is 17.0 Å². The van der Waals surface area contributed by atoms with E-state index in [0.717, 1.165) is 35.4 Å². The number of hydrogen-bond donors (Lipinski definition) is 2. The van der Waals surface area contributed by atoms with Crippen LogP contribution in [0, 0.1) is 0 Å².